The normalized spacial score (nSPS) is 10.8. The van der Waals surface area contributed by atoms with Gasteiger partial charge in [0.25, 0.3) is 0 Å². The van der Waals surface area contributed by atoms with E-state index >= 15 is 0 Å². The highest BCUT2D eigenvalue weighted by molar-refractivity contribution is 6.29. The molecule has 0 amide bonds. The minimum Gasteiger partial charge on any atom is -0.441 e. The predicted molar refractivity (Wildman–Crippen MR) is 73.6 cm³/mol. The summed E-state index contributed by atoms with van der Waals surface area (Å²) in [6, 6.07) is 12.4. The van der Waals surface area contributed by atoms with Crippen LogP contribution in [0.4, 0.5) is 0 Å². The Morgan fingerprint density at radius 1 is 1.16 bits per heavy atom. The molecule has 3 rings (SSSR count). The third-order valence-corrected chi connectivity index (χ3v) is 3.09. The quantitative estimate of drug-likeness (QED) is 0.661. The average Bonchev–Trinajstić information content (AvgIpc) is 2.84. The molecule has 0 aliphatic heterocycles. The first-order valence-electron chi connectivity index (χ1n) is 5.81. The molecule has 3 nitrogen and oxygen atoms in total. The SMILES string of the molecule is Cc1ccc2cc(C(=O)c3ccc(Cl)o3)ccc2n1. The fourth-order valence-corrected chi connectivity index (χ4v) is 2.09. The monoisotopic (exact) mass is 271 g/mol. The summed E-state index contributed by atoms with van der Waals surface area (Å²) in [7, 11) is 0. The summed E-state index contributed by atoms with van der Waals surface area (Å²) < 4.78 is 5.13. The molecule has 2 heterocycles. The smallest absolute Gasteiger partial charge is 0.228 e. The Hall–Kier alpha value is -2.13. The lowest BCUT2D eigenvalue weighted by Gasteiger charge is -2.02. The van der Waals surface area contributed by atoms with Gasteiger partial charge in [0.2, 0.25) is 5.78 Å². The van der Waals surface area contributed by atoms with Gasteiger partial charge in [0.05, 0.1) is 5.52 Å². The van der Waals surface area contributed by atoms with Gasteiger partial charge in [0.1, 0.15) is 0 Å². The van der Waals surface area contributed by atoms with Crippen LogP contribution in [-0.4, -0.2) is 10.8 Å². The van der Waals surface area contributed by atoms with Crippen LogP contribution in [0.3, 0.4) is 0 Å². The summed E-state index contributed by atoms with van der Waals surface area (Å²) in [5.74, 6) is 0.0544. The van der Waals surface area contributed by atoms with Gasteiger partial charge in [0, 0.05) is 16.6 Å². The highest BCUT2D eigenvalue weighted by Crippen LogP contribution is 2.20. The Morgan fingerprint density at radius 2 is 2.00 bits per heavy atom. The number of nitrogens with zero attached hydrogens (tertiary/aromatic N) is 1. The molecule has 0 atom stereocenters. The van der Waals surface area contributed by atoms with E-state index in [1.54, 1.807) is 24.3 Å². The van der Waals surface area contributed by atoms with E-state index in [0.717, 1.165) is 16.6 Å². The number of carbonyl (C=O) groups excluding carboxylic acids is 1. The molecule has 0 unspecified atom stereocenters. The molecule has 0 N–H and O–H groups in total. The van der Waals surface area contributed by atoms with Gasteiger partial charge in [-0.15, -0.1) is 0 Å². The van der Waals surface area contributed by atoms with Crippen LogP contribution in [0.25, 0.3) is 10.9 Å². The summed E-state index contributed by atoms with van der Waals surface area (Å²) in [6.45, 7) is 1.93. The lowest BCUT2D eigenvalue weighted by atomic mass is 10.1. The number of hydrogen-bond donors (Lipinski definition) is 0. The van der Waals surface area contributed by atoms with Gasteiger partial charge in [-0.1, -0.05) is 6.07 Å². The molecule has 3 aromatic rings. The number of rotatable bonds is 2. The minimum atomic E-state index is -0.186. The van der Waals surface area contributed by atoms with Crippen LogP contribution in [0.15, 0.2) is 46.9 Å². The van der Waals surface area contributed by atoms with E-state index < -0.39 is 0 Å². The van der Waals surface area contributed by atoms with Crippen LogP contribution in [0.1, 0.15) is 21.8 Å². The molecule has 0 aliphatic carbocycles. The van der Waals surface area contributed by atoms with Gasteiger partial charge >= 0.3 is 0 Å². The zero-order valence-electron chi connectivity index (χ0n) is 10.2. The maximum absolute atomic E-state index is 12.2. The van der Waals surface area contributed by atoms with Crippen molar-refractivity contribution in [3.8, 4) is 0 Å². The Labute approximate surface area is 114 Å². The molecular weight excluding hydrogens is 262 g/mol. The molecule has 4 heteroatoms. The molecule has 0 fully saturated rings. The van der Waals surface area contributed by atoms with Crippen molar-refractivity contribution >= 4 is 28.3 Å². The Balaban J connectivity index is 2.06. The van der Waals surface area contributed by atoms with E-state index in [4.69, 9.17) is 16.0 Å². The van der Waals surface area contributed by atoms with Crippen LogP contribution < -0.4 is 0 Å². The molecule has 1 aromatic carbocycles. The van der Waals surface area contributed by atoms with Gasteiger partial charge in [-0.25, -0.2) is 0 Å². The molecule has 0 spiro atoms. The number of furan rings is 1. The van der Waals surface area contributed by atoms with Crippen molar-refractivity contribution in [3.05, 3.63) is 64.7 Å². The molecule has 0 saturated heterocycles. The van der Waals surface area contributed by atoms with Gasteiger partial charge in [-0.05, 0) is 54.9 Å². The van der Waals surface area contributed by atoms with Gasteiger partial charge in [-0.3, -0.25) is 9.78 Å². The van der Waals surface area contributed by atoms with E-state index in [0.29, 0.717) is 5.56 Å². The largest absolute Gasteiger partial charge is 0.441 e. The number of halogens is 1. The maximum atomic E-state index is 12.2. The Bertz CT molecular complexity index is 777. The number of aryl methyl sites for hydroxylation is 1. The van der Waals surface area contributed by atoms with E-state index in [1.807, 2.05) is 25.1 Å². The molecule has 2 aromatic heterocycles. The number of fused-ring (bicyclic) bond motifs is 1. The van der Waals surface area contributed by atoms with Crippen molar-refractivity contribution < 1.29 is 9.21 Å². The number of hydrogen-bond acceptors (Lipinski definition) is 3. The average molecular weight is 272 g/mol. The van der Waals surface area contributed by atoms with Crippen LogP contribution in [-0.2, 0) is 0 Å². The fraction of sp³-hybridized carbons (Fsp3) is 0.0667. The van der Waals surface area contributed by atoms with E-state index in [-0.39, 0.29) is 16.8 Å². The molecular formula is C15H10ClNO2. The van der Waals surface area contributed by atoms with Gasteiger partial charge in [0.15, 0.2) is 11.0 Å². The van der Waals surface area contributed by atoms with Crippen LogP contribution in [0.5, 0.6) is 0 Å². The van der Waals surface area contributed by atoms with Crippen LogP contribution >= 0.6 is 11.6 Å². The number of pyridine rings is 1. The number of ketones is 1. The van der Waals surface area contributed by atoms with Crippen LogP contribution in [0.2, 0.25) is 5.22 Å². The highest BCUT2D eigenvalue weighted by atomic mass is 35.5. The topological polar surface area (TPSA) is 43.1 Å². The summed E-state index contributed by atoms with van der Waals surface area (Å²) in [4.78, 5) is 16.6. The minimum absolute atomic E-state index is 0.186. The zero-order chi connectivity index (χ0) is 13.4. The lowest BCUT2D eigenvalue weighted by molar-refractivity contribution is 0.101. The first-order chi connectivity index (χ1) is 9.13. The third kappa shape index (κ3) is 2.25. The second-order valence-corrected chi connectivity index (χ2v) is 4.67. The summed E-state index contributed by atoms with van der Waals surface area (Å²) in [5.41, 5.74) is 2.38. The first kappa shape index (κ1) is 11.9. The van der Waals surface area contributed by atoms with E-state index in [2.05, 4.69) is 4.98 Å². The predicted octanol–water partition coefficient (Wildman–Crippen LogP) is 4.02. The zero-order valence-corrected chi connectivity index (χ0v) is 10.9. The Morgan fingerprint density at radius 3 is 2.74 bits per heavy atom. The van der Waals surface area contributed by atoms with Crippen molar-refractivity contribution in [2.45, 2.75) is 6.92 Å². The maximum Gasteiger partial charge on any atom is 0.228 e. The number of aromatic nitrogens is 1. The van der Waals surface area contributed by atoms with E-state index in [9.17, 15) is 4.79 Å². The molecule has 0 bridgehead atoms. The second-order valence-electron chi connectivity index (χ2n) is 4.29. The highest BCUT2D eigenvalue weighted by Gasteiger charge is 2.13. The standard InChI is InChI=1S/C15H10ClNO2/c1-9-2-3-10-8-11(4-5-12(10)17-9)15(18)13-6-7-14(16)19-13/h2-8H,1H3. The molecule has 0 aliphatic rings. The Kier molecular flexibility index (Phi) is 2.84. The van der Waals surface area contributed by atoms with Gasteiger partial charge < -0.3 is 4.42 Å². The first-order valence-corrected chi connectivity index (χ1v) is 6.19. The molecule has 0 radical (unpaired) electrons. The molecule has 94 valence electrons. The van der Waals surface area contributed by atoms with Crippen molar-refractivity contribution in [3.63, 3.8) is 0 Å². The lowest BCUT2D eigenvalue weighted by Crippen LogP contribution is -1.99. The number of carbonyl (C=O) groups is 1. The molecule has 0 saturated carbocycles. The van der Waals surface area contributed by atoms with Crippen molar-refractivity contribution in [1.82, 2.24) is 4.98 Å². The fourth-order valence-electron chi connectivity index (χ4n) is 1.95. The summed E-state index contributed by atoms with van der Waals surface area (Å²) in [6.07, 6.45) is 0. The van der Waals surface area contributed by atoms with E-state index in [1.165, 1.54) is 0 Å². The van der Waals surface area contributed by atoms with Crippen molar-refractivity contribution in [2.24, 2.45) is 0 Å². The number of benzene rings is 1. The third-order valence-electron chi connectivity index (χ3n) is 2.89. The summed E-state index contributed by atoms with van der Waals surface area (Å²) >= 11 is 5.68. The summed E-state index contributed by atoms with van der Waals surface area (Å²) in [5, 5.41) is 1.13. The van der Waals surface area contributed by atoms with Gasteiger partial charge in [-0.2, -0.15) is 0 Å². The van der Waals surface area contributed by atoms with Crippen molar-refractivity contribution in [2.75, 3.05) is 0 Å². The van der Waals surface area contributed by atoms with Crippen molar-refractivity contribution in [1.29, 1.82) is 0 Å². The van der Waals surface area contributed by atoms with Crippen LogP contribution in [0, 0.1) is 6.92 Å². The second kappa shape index (κ2) is 4.52. The molecule has 19 heavy (non-hydrogen) atoms.